The number of carbonyl (C=O) groups excluding carboxylic acids is 1. The van der Waals surface area contributed by atoms with Crippen LogP contribution >= 0.6 is 0 Å². The molecule has 1 aliphatic heterocycles. The number of hydrogen-bond acceptors (Lipinski definition) is 4. The van der Waals surface area contributed by atoms with Crippen molar-refractivity contribution in [3.05, 3.63) is 59.4 Å². The number of fused-ring (bicyclic) bond motifs is 3. The smallest absolute Gasteiger partial charge is 0.414 e. The normalized spacial score (nSPS) is 22.1. The van der Waals surface area contributed by atoms with Gasteiger partial charge in [-0.25, -0.2) is 9.78 Å². The van der Waals surface area contributed by atoms with E-state index in [2.05, 4.69) is 34.9 Å². The lowest BCUT2D eigenvalue weighted by Crippen LogP contribution is -2.42. The van der Waals surface area contributed by atoms with Crippen molar-refractivity contribution in [2.45, 2.75) is 70.4 Å². The van der Waals surface area contributed by atoms with Crippen LogP contribution in [-0.4, -0.2) is 39.9 Å². The predicted octanol–water partition coefficient (Wildman–Crippen LogP) is 5.54. The molecule has 2 heterocycles. The second kappa shape index (κ2) is 9.72. The lowest BCUT2D eigenvalue weighted by molar-refractivity contribution is -0.143. The van der Waals surface area contributed by atoms with E-state index in [1.807, 2.05) is 19.1 Å². The molecule has 1 fully saturated rings. The van der Waals surface area contributed by atoms with Crippen molar-refractivity contribution in [2.24, 2.45) is 5.92 Å². The summed E-state index contributed by atoms with van der Waals surface area (Å²) in [5.41, 5.74) is 5.18. The second-order valence-corrected chi connectivity index (χ2v) is 9.90. The fourth-order valence-electron chi connectivity index (χ4n) is 5.93. The van der Waals surface area contributed by atoms with Crippen molar-refractivity contribution < 1.29 is 19.4 Å². The first-order valence-corrected chi connectivity index (χ1v) is 12.6. The highest BCUT2D eigenvalue weighted by Crippen LogP contribution is 2.40. The van der Waals surface area contributed by atoms with Crippen LogP contribution in [-0.2, 0) is 28.8 Å². The van der Waals surface area contributed by atoms with Gasteiger partial charge in [0, 0.05) is 24.1 Å². The molecule has 3 aromatic rings. The Morgan fingerprint density at radius 2 is 1.89 bits per heavy atom. The van der Waals surface area contributed by atoms with E-state index < -0.39 is 5.97 Å². The van der Waals surface area contributed by atoms with Crippen molar-refractivity contribution in [1.82, 2.24) is 9.55 Å². The molecular weight excluding hydrogens is 442 g/mol. The number of rotatable bonds is 5. The number of imidazole rings is 1. The number of carbonyl (C=O) groups is 2. The van der Waals surface area contributed by atoms with Crippen LogP contribution in [0.2, 0.25) is 0 Å². The predicted molar refractivity (Wildman–Crippen MR) is 135 cm³/mol. The third-order valence-corrected chi connectivity index (χ3v) is 7.74. The van der Waals surface area contributed by atoms with E-state index in [1.54, 1.807) is 4.90 Å². The zero-order chi connectivity index (χ0) is 24.5. The highest BCUT2D eigenvalue weighted by atomic mass is 16.5. The number of ether oxygens (including phenoxy) is 1. The van der Waals surface area contributed by atoms with Crippen LogP contribution in [0.1, 0.15) is 62.0 Å². The van der Waals surface area contributed by atoms with Gasteiger partial charge < -0.3 is 14.4 Å². The van der Waals surface area contributed by atoms with Crippen LogP contribution in [0.3, 0.4) is 0 Å². The average molecular weight is 476 g/mol. The number of benzene rings is 2. The minimum Gasteiger partial charge on any atom is -0.481 e. The largest absolute Gasteiger partial charge is 0.481 e. The van der Waals surface area contributed by atoms with Crippen molar-refractivity contribution >= 4 is 28.8 Å². The number of aryl methyl sites for hydroxylation is 3. The van der Waals surface area contributed by atoms with Crippen LogP contribution in [0.25, 0.3) is 11.0 Å². The first-order chi connectivity index (χ1) is 17.0. The molecule has 2 aromatic carbocycles. The van der Waals surface area contributed by atoms with Gasteiger partial charge in [-0.05, 0) is 63.1 Å². The molecule has 2 aliphatic rings. The molecule has 1 unspecified atom stereocenters. The van der Waals surface area contributed by atoms with Crippen molar-refractivity contribution in [1.29, 1.82) is 0 Å². The van der Waals surface area contributed by atoms with Gasteiger partial charge in [-0.3, -0.25) is 9.69 Å². The van der Waals surface area contributed by atoms with Crippen LogP contribution in [0, 0.1) is 5.92 Å². The molecule has 184 valence electrons. The topological polar surface area (TPSA) is 84.7 Å². The Kier molecular flexibility index (Phi) is 6.50. The van der Waals surface area contributed by atoms with Gasteiger partial charge in [-0.15, -0.1) is 0 Å². The number of anilines is 1. The summed E-state index contributed by atoms with van der Waals surface area (Å²) in [7, 11) is 1.42. The number of methoxy groups -OCH3 is 1. The van der Waals surface area contributed by atoms with Gasteiger partial charge >= 0.3 is 12.1 Å². The Morgan fingerprint density at radius 3 is 2.63 bits per heavy atom. The minimum atomic E-state index is -0.704. The molecule has 5 rings (SSSR count). The number of amides is 1. The summed E-state index contributed by atoms with van der Waals surface area (Å²) < 4.78 is 7.39. The maximum Gasteiger partial charge on any atom is 0.414 e. The van der Waals surface area contributed by atoms with Crippen LogP contribution in [0.4, 0.5) is 10.5 Å². The van der Waals surface area contributed by atoms with Gasteiger partial charge in [0.15, 0.2) is 0 Å². The summed E-state index contributed by atoms with van der Waals surface area (Å²) in [6, 6.07) is 14.6. The van der Waals surface area contributed by atoms with E-state index in [4.69, 9.17) is 9.72 Å². The van der Waals surface area contributed by atoms with Gasteiger partial charge in [-0.2, -0.15) is 0 Å². The fourth-order valence-corrected chi connectivity index (χ4v) is 5.93. The SMILES string of the molecule is COC(=O)N1c2ccc3c(nc(CCc4ccccc4)n3[C@@H]3CCC[C@@H](C(=O)O)C3)c2CCC1C. The van der Waals surface area contributed by atoms with Gasteiger partial charge in [0.05, 0.1) is 29.7 Å². The first-order valence-electron chi connectivity index (χ1n) is 12.6. The van der Waals surface area contributed by atoms with E-state index in [9.17, 15) is 14.7 Å². The standard InChI is InChI=1S/C28H33N3O4/c1-18-11-13-22-23(30(18)28(34)35-2)14-15-24-26(22)29-25(16-12-19-7-4-3-5-8-19)31(24)21-10-6-9-20(17-21)27(32)33/h3-5,7-8,14-15,18,20-21H,6,9-13,16-17H2,1-2H3,(H,32,33)/t18?,20-,21-/m1/s1. The van der Waals surface area contributed by atoms with E-state index in [1.165, 1.54) is 12.7 Å². The lowest BCUT2D eigenvalue weighted by atomic mass is 9.85. The molecule has 0 bridgehead atoms. The quantitative estimate of drug-likeness (QED) is 0.523. The second-order valence-electron chi connectivity index (χ2n) is 9.90. The molecule has 7 heteroatoms. The molecule has 1 amide bonds. The fraction of sp³-hybridized carbons (Fsp3) is 0.464. The molecule has 0 saturated heterocycles. The van der Waals surface area contributed by atoms with Crippen molar-refractivity contribution in [3.63, 3.8) is 0 Å². The molecule has 1 aliphatic carbocycles. The van der Waals surface area contributed by atoms with Crippen molar-refractivity contribution in [3.8, 4) is 0 Å². The molecule has 7 nitrogen and oxygen atoms in total. The zero-order valence-corrected chi connectivity index (χ0v) is 20.4. The maximum absolute atomic E-state index is 12.6. The molecule has 1 N–H and O–H groups in total. The Balaban J connectivity index is 1.60. The third-order valence-electron chi connectivity index (χ3n) is 7.74. The zero-order valence-electron chi connectivity index (χ0n) is 20.4. The first kappa shape index (κ1) is 23.4. The lowest BCUT2D eigenvalue weighted by Gasteiger charge is -2.34. The highest BCUT2D eigenvalue weighted by molar-refractivity contribution is 5.95. The summed E-state index contributed by atoms with van der Waals surface area (Å²) >= 11 is 0. The van der Waals surface area contributed by atoms with Gasteiger partial charge in [0.2, 0.25) is 0 Å². The van der Waals surface area contributed by atoms with Gasteiger partial charge in [0.25, 0.3) is 0 Å². The number of carboxylic acid groups (broad SMARTS) is 1. The molecule has 0 spiro atoms. The third kappa shape index (κ3) is 4.40. The summed E-state index contributed by atoms with van der Waals surface area (Å²) in [5.74, 6) is -0.0250. The minimum absolute atomic E-state index is 0.0571. The molecule has 0 radical (unpaired) electrons. The van der Waals surface area contributed by atoms with E-state index in [0.717, 1.165) is 73.1 Å². The summed E-state index contributed by atoms with van der Waals surface area (Å²) in [4.78, 5) is 31.3. The van der Waals surface area contributed by atoms with E-state index in [0.29, 0.717) is 6.42 Å². The van der Waals surface area contributed by atoms with Gasteiger partial charge in [0.1, 0.15) is 5.82 Å². The monoisotopic (exact) mass is 475 g/mol. The molecule has 35 heavy (non-hydrogen) atoms. The highest BCUT2D eigenvalue weighted by Gasteiger charge is 2.34. The summed E-state index contributed by atoms with van der Waals surface area (Å²) in [6.45, 7) is 2.04. The Bertz CT molecular complexity index is 1240. The number of aliphatic carboxylic acids is 1. The van der Waals surface area contributed by atoms with Gasteiger partial charge in [-0.1, -0.05) is 36.8 Å². The number of carboxylic acids is 1. The van der Waals surface area contributed by atoms with E-state index >= 15 is 0 Å². The number of nitrogens with zero attached hydrogens (tertiary/aromatic N) is 3. The van der Waals surface area contributed by atoms with Crippen LogP contribution in [0.5, 0.6) is 0 Å². The Morgan fingerprint density at radius 1 is 1.09 bits per heavy atom. The number of aromatic nitrogens is 2. The molecular formula is C28H33N3O4. The molecule has 3 atom stereocenters. The van der Waals surface area contributed by atoms with E-state index in [-0.39, 0.29) is 24.1 Å². The molecule has 1 aromatic heterocycles. The average Bonchev–Trinajstić information content (AvgIpc) is 3.26. The maximum atomic E-state index is 12.6. The van der Waals surface area contributed by atoms with Crippen molar-refractivity contribution in [2.75, 3.05) is 12.0 Å². The Labute approximate surface area is 205 Å². The molecule has 1 saturated carbocycles. The van der Waals surface area contributed by atoms with Crippen LogP contribution < -0.4 is 4.90 Å². The summed E-state index contributed by atoms with van der Waals surface area (Å²) in [6.07, 6.45) is 6.20. The Hall–Kier alpha value is -3.35. The summed E-state index contributed by atoms with van der Waals surface area (Å²) in [5, 5.41) is 9.70. The number of hydrogen-bond donors (Lipinski definition) is 1. The van der Waals surface area contributed by atoms with Crippen LogP contribution in [0.15, 0.2) is 42.5 Å².